The van der Waals surface area contributed by atoms with Gasteiger partial charge in [0.25, 0.3) is 5.91 Å². The number of pyridine rings is 1. The molecule has 1 aliphatic rings. The van der Waals surface area contributed by atoms with Gasteiger partial charge in [-0.25, -0.2) is 4.98 Å². The molecule has 2 aromatic rings. The van der Waals surface area contributed by atoms with E-state index in [1.54, 1.807) is 19.4 Å². The quantitative estimate of drug-likeness (QED) is 0.818. The summed E-state index contributed by atoms with van der Waals surface area (Å²) in [7, 11) is 1.56. The lowest BCUT2D eigenvalue weighted by molar-refractivity contribution is 0.0235. The zero-order valence-electron chi connectivity index (χ0n) is 14.5. The molecule has 3 rings (SSSR count). The van der Waals surface area contributed by atoms with Crippen molar-refractivity contribution in [2.75, 3.05) is 7.11 Å². The van der Waals surface area contributed by atoms with Gasteiger partial charge in [-0.05, 0) is 41.8 Å². The monoisotopic (exact) mass is 362 g/mol. The molecule has 1 amide bonds. The molecule has 7 nitrogen and oxygen atoms in total. The van der Waals surface area contributed by atoms with Crippen LogP contribution < -0.4 is 10.1 Å². The fourth-order valence-electron chi connectivity index (χ4n) is 3.01. The largest absolute Gasteiger partial charge is 0.481 e. The number of methoxy groups -OCH3 is 1. The summed E-state index contributed by atoms with van der Waals surface area (Å²) in [5.74, 6) is 0.654. The summed E-state index contributed by atoms with van der Waals surface area (Å²) in [6.45, 7) is 3.97. The van der Waals surface area contributed by atoms with Crippen LogP contribution in [0.5, 0.6) is 5.88 Å². The highest BCUT2D eigenvalue weighted by atomic mass is 32.1. The Balaban J connectivity index is 1.82. The maximum Gasteiger partial charge on any atom is 0.265 e. The average molecular weight is 362 g/mol. The number of aliphatic hydroxyl groups excluding tert-OH is 1. The third-order valence-electron chi connectivity index (χ3n) is 4.50. The molecular weight excluding hydrogens is 340 g/mol. The normalized spacial score (nSPS) is 20.8. The standard InChI is InChI=1S/C17H22N4O3S/c1-9(2)14-16(25-21-20-14)17(23)19-15(11-6-12(22)7-11)10-4-5-13(24-3)18-8-10/h4-5,8-9,11-12,15,22H,6-7H2,1-3H3,(H,19,23)/t11?,12?,15-/m1/s1. The number of carbonyl (C=O) groups excluding carboxylic acids is 1. The van der Waals surface area contributed by atoms with Crippen LogP contribution in [0.15, 0.2) is 18.3 Å². The van der Waals surface area contributed by atoms with E-state index in [2.05, 4.69) is 19.9 Å². The fourth-order valence-corrected chi connectivity index (χ4v) is 3.73. The summed E-state index contributed by atoms with van der Waals surface area (Å²) in [4.78, 5) is 17.6. The van der Waals surface area contributed by atoms with Crippen molar-refractivity contribution in [1.82, 2.24) is 19.9 Å². The average Bonchev–Trinajstić information content (AvgIpc) is 3.07. The Labute approximate surface area is 150 Å². The number of nitrogens with one attached hydrogen (secondary N) is 1. The van der Waals surface area contributed by atoms with Gasteiger partial charge in [0, 0.05) is 12.3 Å². The number of nitrogens with zero attached hydrogens (tertiary/aromatic N) is 3. The summed E-state index contributed by atoms with van der Waals surface area (Å²) in [6.07, 6.45) is 2.74. The molecule has 1 atom stereocenters. The molecule has 0 radical (unpaired) electrons. The van der Waals surface area contributed by atoms with Crippen LogP contribution in [-0.4, -0.2) is 38.8 Å². The van der Waals surface area contributed by atoms with Crippen LogP contribution >= 0.6 is 11.5 Å². The van der Waals surface area contributed by atoms with Crippen molar-refractivity contribution in [3.63, 3.8) is 0 Å². The summed E-state index contributed by atoms with van der Waals surface area (Å²) in [5.41, 5.74) is 1.61. The Hall–Kier alpha value is -2.06. The molecule has 0 bridgehead atoms. The lowest BCUT2D eigenvalue weighted by Gasteiger charge is -2.38. The van der Waals surface area contributed by atoms with Crippen molar-refractivity contribution >= 4 is 17.4 Å². The van der Waals surface area contributed by atoms with Crippen molar-refractivity contribution in [2.45, 2.75) is 44.8 Å². The summed E-state index contributed by atoms with van der Waals surface area (Å²) >= 11 is 1.11. The maximum atomic E-state index is 12.8. The maximum absolute atomic E-state index is 12.8. The Kier molecular flexibility index (Phi) is 5.29. The number of amides is 1. The molecule has 2 aromatic heterocycles. The van der Waals surface area contributed by atoms with Gasteiger partial charge < -0.3 is 15.2 Å². The Morgan fingerprint density at radius 2 is 2.16 bits per heavy atom. The molecule has 0 saturated heterocycles. The summed E-state index contributed by atoms with van der Waals surface area (Å²) < 4.78 is 9.02. The van der Waals surface area contributed by atoms with E-state index in [1.807, 2.05) is 19.9 Å². The van der Waals surface area contributed by atoms with Gasteiger partial charge in [0.2, 0.25) is 5.88 Å². The molecule has 0 unspecified atom stereocenters. The molecule has 2 heterocycles. The Morgan fingerprint density at radius 3 is 2.72 bits per heavy atom. The molecule has 134 valence electrons. The zero-order chi connectivity index (χ0) is 18.0. The third-order valence-corrected chi connectivity index (χ3v) is 5.24. The predicted octanol–water partition coefficient (Wildman–Crippen LogP) is 2.31. The van der Waals surface area contributed by atoms with Gasteiger partial charge in [0.05, 0.1) is 24.9 Å². The van der Waals surface area contributed by atoms with Gasteiger partial charge in [0.15, 0.2) is 0 Å². The van der Waals surface area contributed by atoms with E-state index in [-0.39, 0.29) is 29.9 Å². The molecule has 1 aliphatic carbocycles. The number of ether oxygens (including phenoxy) is 1. The van der Waals surface area contributed by atoms with E-state index >= 15 is 0 Å². The van der Waals surface area contributed by atoms with Crippen LogP contribution in [0.4, 0.5) is 0 Å². The Bertz CT molecular complexity index is 726. The minimum atomic E-state index is -0.299. The topological polar surface area (TPSA) is 97.2 Å². The number of carbonyl (C=O) groups is 1. The number of aliphatic hydroxyl groups is 1. The van der Waals surface area contributed by atoms with E-state index in [9.17, 15) is 9.90 Å². The molecule has 2 N–H and O–H groups in total. The van der Waals surface area contributed by atoms with Gasteiger partial charge in [-0.1, -0.05) is 24.4 Å². The van der Waals surface area contributed by atoms with Crippen molar-refractivity contribution in [3.8, 4) is 5.88 Å². The number of hydrogen-bond donors (Lipinski definition) is 2. The van der Waals surface area contributed by atoms with Crippen LogP contribution in [0.3, 0.4) is 0 Å². The van der Waals surface area contributed by atoms with Crippen molar-refractivity contribution in [3.05, 3.63) is 34.5 Å². The number of aromatic nitrogens is 3. The molecule has 0 aromatic carbocycles. The number of rotatable bonds is 6. The van der Waals surface area contributed by atoms with E-state index < -0.39 is 0 Å². The first-order valence-corrected chi connectivity index (χ1v) is 9.08. The first kappa shape index (κ1) is 17.8. The minimum Gasteiger partial charge on any atom is -0.481 e. The fraction of sp³-hybridized carbons (Fsp3) is 0.529. The van der Waals surface area contributed by atoms with E-state index in [0.29, 0.717) is 29.3 Å². The van der Waals surface area contributed by atoms with E-state index in [1.165, 1.54) is 0 Å². The highest BCUT2D eigenvalue weighted by Crippen LogP contribution is 2.38. The van der Waals surface area contributed by atoms with Crippen LogP contribution in [0.25, 0.3) is 0 Å². The van der Waals surface area contributed by atoms with Crippen molar-refractivity contribution in [1.29, 1.82) is 0 Å². The first-order chi connectivity index (χ1) is 12.0. The van der Waals surface area contributed by atoms with E-state index in [0.717, 1.165) is 17.1 Å². The van der Waals surface area contributed by atoms with Gasteiger partial charge in [-0.3, -0.25) is 4.79 Å². The van der Waals surface area contributed by atoms with Gasteiger partial charge in [0.1, 0.15) is 4.88 Å². The molecule has 8 heteroatoms. The SMILES string of the molecule is COc1ccc([C@@H](NC(=O)c2snnc2C(C)C)C2CC(O)C2)cn1. The van der Waals surface area contributed by atoms with Crippen LogP contribution in [-0.2, 0) is 0 Å². The lowest BCUT2D eigenvalue weighted by Crippen LogP contribution is -2.41. The summed E-state index contributed by atoms with van der Waals surface area (Å²) in [5, 5.41) is 16.8. The molecule has 0 aliphatic heterocycles. The van der Waals surface area contributed by atoms with Gasteiger partial charge in [-0.15, -0.1) is 5.10 Å². The lowest BCUT2D eigenvalue weighted by atomic mass is 9.75. The van der Waals surface area contributed by atoms with Crippen molar-refractivity contribution < 1.29 is 14.6 Å². The van der Waals surface area contributed by atoms with Crippen LogP contribution in [0.1, 0.15) is 59.6 Å². The molecule has 25 heavy (non-hydrogen) atoms. The molecular formula is C17H22N4O3S. The van der Waals surface area contributed by atoms with E-state index in [4.69, 9.17) is 4.74 Å². The zero-order valence-corrected chi connectivity index (χ0v) is 15.3. The highest BCUT2D eigenvalue weighted by molar-refractivity contribution is 7.08. The minimum absolute atomic E-state index is 0.131. The number of hydrogen-bond acceptors (Lipinski definition) is 7. The van der Waals surface area contributed by atoms with Crippen molar-refractivity contribution in [2.24, 2.45) is 5.92 Å². The van der Waals surface area contributed by atoms with Crippen LogP contribution in [0.2, 0.25) is 0 Å². The predicted molar refractivity (Wildman–Crippen MR) is 93.7 cm³/mol. The smallest absolute Gasteiger partial charge is 0.265 e. The molecule has 1 saturated carbocycles. The highest BCUT2D eigenvalue weighted by Gasteiger charge is 2.36. The first-order valence-electron chi connectivity index (χ1n) is 8.30. The second kappa shape index (κ2) is 7.45. The van der Waals surface area contributed by atoms with Gasteiger partial charge in [-0.2, -0.15) is 0 Å². The molecule has 1 fully saturated rings. The summed E-state index contributed by atoms with van der Waals surface area (Å²) in [6, 6.07) is 3.46. The Morgan fingerprint density at radius 1 is 1.40 bits per heavy atom. The van der Waals surface area contributed by atoms with Crippen LogP contribution in [0, 0.1) is 5.92 Å². The second-order valence-electron chi connectivity index (χ2n) is 6.61. The molecule has 0 spiro atoms. The van der Waals surface area contributed by atoms with Gasteiger partial charge >= 0.3 is 0 Å². The third kappa shape index (κ3) is 3.80. The second-order valence-corrected chi connectivity index (χ2v) is 7.37.